The average Bonchev–Trinajstić information content (AvgIpc) is 2.06. The third-order valence-corrected chi connectivity index (χ3v) is 2.53. The molecule has 0 heterocycles. The molecule has 0 atom stereocenters. The second kappa shape index (κ2) is 3.93. The first-order valence-electron chi connectivity index (χ1n) is 3.96. The van der Waals surface area contributed by atoms with Gasteiger partial charge in [0.2, 0.25) is 0 Å². The van der Waals surface area contributed by atoms with E-state index in [1.165, 1.54) is 12.1 Å². The maximum Gasteiger partial charge on any atom is 0.306 e. The second-order valence-electron chi connectivity index (χ2n) is 3.05. The van der Waals surface area contributed by atoms with Crippen LogP contribution in [0.5, 0.6) is 0 Å². The van der Waals surface area contributed by atoms with E-state index in [9.17, 15) is 22.4 Å². The SMILES string of the molecule is Cc1ccc([N+](=O)[O-])cc1CS(=O)(=O)F. The Morgan fingerprint density at radius 3 is 2.53 bits per heavy atom. The summed E-state index contributed by atoms with van der Waals surface area (Å²) in [6, 6.07) is 3.69. The van der Waals surface area contributed by atoms with Crippen molar-refractivity contribution < 1.29 is 17.2 Å². The standard InChI is InChI=1S/C8H8FNO4S/c1-6-2-3-8(10(11)12)4-7(6)5-15(9,13)14/h2-4H,5H2,1H3. The van der Waals surface area contributed by atoms with Crippen molar-refractivity contribution in [2.24, 2.45) is 0 Å². The van der Waals surface area contributed by atoms with Crippen LogP contribution >= 0.6 is 0 Å². The van der Waals surface area contributed by atoms with Gasteiger partial charge in [-0.15, -0.1) is 3.89 Å². The smallest absolute Gasteiger partial charge is 0.258 e. The van der Waals surface area contributed by atoms with Crippen LogP contribution in [0.25, 0.3) is 0 Å². The monoisotopic (exact) mass is 233 g/mol. The molecule has 5 nitrogen and oxygen atoms in total. The molecule has 82 valence electrons. The van der Waals surface area contributed by atoms with Crippen LogP contribution in [0.4, 0.5) is 9.57 Å². The Morgan fingerprint density at radius 2 is 2.07 bits per heavy atom. The van der Waals surface area contributed by atoms with E-state index in [1.807, 2.05) is 0 Å². The molecular weight excluding hydrogens is 225 g/mol. The van der Waals surface area contributed by atoms with Crippen LogP contribution in [-0.2, 0) is 16.0 Å². The number of hydrogen-bond acceptors (Lipinski definition) is 4. The fourth-order valence-corrected chi connectivity index (χ4v) is 1.80. The van der Waals surface area contributed by atoms with Crippen molar-refractivity contribution in [1.82, 2.24) is 0 Å². The van der Waals surface area contributed by atoms with Gasteiger partial charge in [0, 0.05) is 12.1 Å². The van der Waals surface area contributed by atoms with Gasteiger partial charge in [0.15, 0.2) is 0 Å². The lowest BCUT2D eigenvalue weighted by atomic mass is 10.1. The number of non-ortho nitro benzene ring substituents is 1. The van der Waals surface area contributed by atoms with Gasteiger partial charge in [-0.25, -0.2) is 0 Å². The minimum Gasteiger partial charge on any atom is -0.258 e. The highest BCUT2D eigenvalue weighted by Crippen LogP contribution is 2.19. The first-order valence-corrected chi connectivity index (χ1v) is 5.51. The first-order chi connectivity index (χ1) is 6.79. The molecule has 0 aliphatic heterocycles. The van der Waals surface area contributed by atoms with Gasteiger partial charge < -0.3 is 0 Å². The number of benzene rings is 1. The number of nitro groups is 1. The molecule has 0 aliphatic carbocycles. The van der Waals surface area contributed by atoms with E-state index in [2.05, 4.69) is 0 Å². The molecule has 0 aliphatic rings. The van der Waals surface area contributed by atoms with Crippen LogP contribution in [0, 0.1) is 17.0 Å². The summed E-state index contributed by atoms with van der Waals surface area (Å²) in [5, 5.41) is 10.4. The van der Waals surface area contributed by atoms with Crippen molar-refractivity contribution in [1.29, 1.82) is 0 Å². The van der Waals surface area contributed by atoms with E-state index in [-0.39, 0.29) is 11.3 Å². The lowest BCUT2D eigenvalue weighted by Crippen LogP contribution is -2.00. The van der Waals surface area contributed by atoms with Gasteiger partial charge in [0.1, 0.15) is 5.75 Å². The number of hydrogen-bond donors (Lipinski definition) is 0. The largest absolute Gasteiger partial charge is 0.306 e. The Bertz CT molecular complexity index is 497. The normalized spacial score (nSPS) is 11.3. The number of aryl methyl sites for hydroxylation is 1. The van der Waals surface area contributed by atoms with Crippen LogP contribution < -0.4 is 0 Å². The molecule has 15 heavy (non-hydrogen) atoms. The quantitative estimate of drug-likeness (QED) is 0.452. The fourth-order valence-electron chi connectivity index (χ4n) is 1.11. The molecule has 0 saturated heterocycles. The number of halogens is 1. The molecule has 1 aromatic rings. The van der Waals surface area contributed by atoms with Crippen molar-refractivity contribution in [3.8, 4) is 0 Å². The molecular formula is C8H8FNO4S. The van der Waals surface area contributed by atoms with Gasteiger partial charge in [0.05, 0.1) is 4.92 Å². The Morgan fingerprint density at radius 1 is 1.47 bits per heavy atom. The van der Waals surface area contributed by atoms with Gasteiger partial charge in [-0.2, -0.15) is 8.42 Å². The van der Waals surface area contributed by atoms with Gasteiger partial charge in [-0.1, -0.05) is 6.07 Å². The fraction of sp³-hybridized carbons (Fsp3) is 0.250. The summed E-state index contributed by atoms with van der Waals surface area (Å²) in [6.45, 7) is 1.56. The zero-order valence-corrected chi connectivity index (χ0v) is 8.62. The zero-order valence-electron chi connectivity index (χ0n) is 7.81. The van der Waals surface area contributed by atoms with E-state index in [0.29, 0.717) is 5.56 Å². The maximum atomic E-state index is 12.4. The Hall–Kier alpha value is -1.50. The summed E-state index contributed by atoms with van der Waals surface area (Å²) in [4.78, 5) is 9.73. The Balaban J connectivity index is 3.17. The Labute approximate surface area is 85.9 Å². The lowest BCUT2D eigenvalue weighted by Gasteiger charge is -2.02. The molecule has 0 N–H and O–H groups in total. The van der Waals surface area contributed by atoms with Gasteiger partial charge in [0.25, 0.3) is 5.69 Å². The van der Waals surface area contributed by atoms with Crippen molar-refractivity contribution in [2.45, 2.75) is 12.7 Å². The Kier molecular flexibility index (Phi) is 3.04. The highest BCUT2D eigenvalue weighted by atomic mass is 32.3. The molecule has 0 unspecified atom stereocenters. The van der Waals surface area contributed by atoms with Crippen molar-refractivity contribution in [2.75, 3.05) is 0 Å². The number of nitro benzene ring substituents is 1. The zero-order chi connectivity index (χ0) is 11.6. The molecule has 0 amide bonds. The van der Waals surface area contributed by atoms with Crippen LogP contribution in [0.1, 0.15) is 11.1 Å². The summed E-state index contributed by atoms with van der Waals surface area (Å²) < 4.78 is 33.2. The van der Waals surface area contributed by atoms with E-state index >= 15 is 0 Å². The molecule has 0 spiro atoms. The van der Waals surface area contributed by atoms with Crippen molar-refractivity contribution in [3.05, 3.63) is 39.4 Å². The summed E-state index contributed by atoms with van der Waals surface area (Å²) in [6.07, 6.45) is 0. The molecule has 0 radical (unpaired) electrons. The van der Waals surface area contributed by atoms with Crippen LogP contribution in [-0.4, -0.2) is 13.3 Å². The molecule has 1 rings (SSSR count). The first kappa shape index (κ1) is 11.6. The minimum atomic E-state index is -4.66. The van der Waals surface area contributed by atoms with Crippen LogP contribution in [0.3, 0.4) is 0 Å². The predicted molar refractivity (Wildman–Crippen MR) is 51.6 cm³/mol. The van der Waals surface area contributed by atoms with Crippen LogP contribution in [0.15, 0.2) is 18.2 Å². The molecule has 7 heteroatoms. The lowest BCUT2D eigenvalue weighted by molar-refractivity contribution is -0.384. The third kappa shape index (κ3) is 3.28. The highest BCUT2D eigenvalue weighted by molar-refractivity contribution is 7.85. The molecule has 0 bridgehead atoms. The topological polar surface area (TPSA) is 77.3 Å². The average molecular weight is 233 g/mol. The van der Waals surface area contributed by atoms with E-state index in [4.69, 9.17) is 0 Å². The minimum absolute atomic E-state index is 0.103. The van der Waals surface area contributed by atoms with Crippen LogP contribution in [0.2, 0.25) is 0 Å². The predicted octanol–water partition coefficient (Wildman–Crippen LogP) is 1.70. The summed E-state index contributed by atoms with van der Waals surface area (Å²) in [5.74, 6) is -0.833. The highest BCUT2D eigenvalue weighted by Gasteiger charge is 2.14. The molecule has 0 aromatic heterocycles. The van der Waals surface area contributed by atoms with Gasteiger partial charge in [-0.3, -0.25) is 10.1 Å². The second-order valence-corrected chi connectivity index (χ2v) is 4.42. The van der Waals surface area contributed by atoms with Gasteiger partial charge >= 0.3 is 10.2 Å². The molecule has 1 aromatic carbocycles. The number of rotatable bonds is 3. The van der Waals surface area contributed by atoms with E-state index in [0.717, 1.165) is 6.07 Å². The van der Waals surface area contributed by atoms with Gasteiger partial charge in [-0.05, 0) is 18.1 Å². The van der Waals surface area contributed by atoms with E-state index < -0.39 is 20.9 Å². The summed E-state index contributed by atoms with van der Waals surface area (Å²) in [7, 11) is -4.66. The van der Waals surface area contributed by atoms with E-state index in [1.54, 1.807) is 6.92 Å². The summed E-state index contributed by atoms with van der Waals surface area (Å²) >= 11 is 0. The third-order valence-electron chi connectivity index (χ3n) is 1.87. The summed E-state index contributed by atoms with van der Waals surface area (Å²) in [5.41, 5.74) is 0.354. The van der Waals surface area contributed by atoms with Crippen molar-refractivity contribution in [3.63, 3.8) is 0 Å². The molecule has 0 saturated carbocycles. The number of nitrogens with zero attached hydrogens (tertiary/aromatic N) is 1. The maximum absolute atomic E-state index is 12.4. The van der Waals surface area contributed by atoms with Crippen molar-refractivity contribution >= 4 is 15.9 Å². The molecule has 0 fully saturated rings.